The van der Waals surface area contributed by atoms with E-state index >= 15 is 0 Å². The molecular weight excluding hydrogens is 256 g/mol. The molecule has 0 spiro atoms. The van der Waals surface area contributed by atoms with Crippen molar-refractivity contribution in [1.82, 2.24) is 0 Å². The van der Waals surface area contributed by atoms with Gasteiger partial charge >= 0.3 is 11.9 Å². The van der Waals surface area contributed by atoms with Crippen LogP contribution in [0, 0.1) is 0 Å². The lowest BCUT2D eigenvalue weighted by atomic mass is 10.2. The van der Waals surface area contributed by atoms with Crippen LogP contribution in [-0.4, -0.2) is 22.2 Å². The highest BCUT2D eigenvalue weighted by atomic mass is 16.4. The van der Waals surface area contributed by atoms with Crippen molar-refractivity contribution >= 4 is 11.9 Å². The van der Waals surface area contributed by atoms with Crippen LogP contribution in [0.4, 0.5) is 0 Å². The maximum Gasteiger partial charge on any atom is 0.328 e. The molecular formula is C16H18O4. The fourth-order valence-electron chi connectivity index (χ4n) is 1.16. The lowest BCUT2D eigenvalue weighted by molar-refractivity contribution is -0.132. The second-order valence-corrected chi connectivity index (χ2v) is 3.68. The maximum absolute atomic E-state index is 10.0. The monoisotopic (exact) mass is 274 g/mol. The molecule has 0 amide bonds. The molecule has 0 aromatic carbocycles. The molecule has 0 heterocycles. The van der Waals surface area contributed by atoms with Gasteiger partial charge in [-0.05, 0) is 18.4 Å². The van der Waals surface area contributed by atoms with Gasteiger partial charge < -0.3 is 10.2 Å². The van der Waals surface area contributed by atoms with E-state index in [1.165, 1.54) is 0 Å². The standard InChI is InChI=1S/C8H8O2.C5H6.C3H4O2/c9-8(10)6-5-7-3-1-2-4-7;1-2-4-5-3-1;1-2-3(4)5/h1-3,5-6H,4H2,(H,9,10);1-4H,5H2;2H,1H2,(H,4,5). The van der Waals surface area contributed by atoms with Gasteiger partial charge in [0.25, 0.3) is 0 Å². The van der Waals surface area contributed by atoms with Gasteiger partial charge in [-0.2, -0.15) is 0 Å². The largest absolute Gasteiger partial charge is 0.478 e. The molecule has 0 unspecified atom stereocenters. The van der Waals surface area contributed by atoms with Gasteiger partial charge in [0.2, 0.25) is 0 Å². The molecule has 0 aliphatic heterocycles. The predicted octanol–water partition coefficient (Wildman–Crippen LogP) is 3.27. The molecule has 2 aliphatic rings. The highest BCUT2D eigenvalue weighted by Gasteiger charge is 1.93. The van der Waals surface area contributed by atoms with Crippen molar-refractivity contribution in [2.75, 3.05) is 0 Å². The lowest BCUT2D eigenvalue weighted by Gasteiger charge is -1.86. The Hall–Kier alpha value is -2.62. The van der Waals surface area contributed by atoms with Gasteiger partial charge in [0.1, 0.15) is 0 Å². The highest BCUT2D eigenvalue weighted by molar-refractivity contribution is 5.80. The van der Waals surface area contributed by atoms with E-state index < -0.39 is 11.9 Å². The molecule has 0 saturated heterocycles. The van der Waals surface area contributed by atoms with Crippen molar-refractivity contribution in [1.29, 1.82) is 0 Å². The number of hydrogen-bond donors (Lipinski definition) is 2. The van der Waals surface area contributed by atoms with E-state index in [2.05, 4.69) is 30.9 Å². The van der Waals surface area contributed by atoms with Crippen LogP contribution < -0.4 is 0 Å². The van der Waals surface area contributed by atoms with Crippen molar-refractivity contribution in [2.24, 2.45) is 0 Å². The normalized spacial score (nSPS) is 14.1. The summed E-state index contributed by atoms with van der Waals surface area (Å²) in [5.74, 6) is -1.88. The van der Waals surface area contributed by atoms with Gasteiger partial charge in [0.15, 0.2) is 0 Å². The van der Waals surface area contributed by atoms with E-state index in [4.69, 9.17) is 10.2 Å². The first-order chi connectivity index (χ1) is 9.56. The van der Waals surface area contributed by atoms with E-state index in [0.717, 1.165) is 30.6 Å². The number of rotatable bonds is 3. The number of carboxylic acids is 2. The summed E-state index contributed by atoms with van der Waals surface area (Å²) < 4.78 is 0. The summed E-state index contributed by atoms with van der Waals surface area (Å²) in [6, 6.07) is 0. The van der Waals surface area contributed by atoms with Crippen LogP contribution in [0.3, 0.4) is 0 Å². The SMILES string of the molecule is C1=CCC=C1.C=CC(=O)O.O=C(O)C=CC1=CC=CC1. The van der Waals surface area contributed by atoms with Crippen LogP contribution in [0.1, 0.15) is 12.8 Å². The van der Waals surface area contributed by atoms with Gasteiger partial charge in [-0.1, -0.05) is 55.2 Å². The minimum absolute atomic E-state index is 0.833. The Morgan fingerprint density at radius 3 is 1.95 bits per heavy atom. The third kappa shape index (κ3) is 11.9. The van der Waals surface area contributed by atoms with E-state index in [0.29, 0.717) is 0 Å². The first-order valence-electron chi connectivity index (χ1n) is 6.00. The van der Waals surface area contributed by atoms with Crippen LogP contribution in [0.25, 0.3) is 0 Å². The van der Waals surface area contributed by atoms with Crippen LogP contribution in [-0.2, 0) is 9.59 Å². The van der Waals surface area contributed by atoms with Crippen molar-refractivity contribution < 1.29 is 19.8 Å². The summed E-state index contributed by atoms with van der Waals surface area (Å²) in [5, 5.41) is 15.8. The van der Waals surface area contributed by atoms with Crippen LogP contribution in [0.5, 0.6) is 0 Å². The maximum atomic E-state index is 10.0. The zero-order valence-corrected chi connectivity index (χ0v) is 11.1. The van der Waals surface area contributed by atoms with Crippen molar-refractivity contribution in [3.05, 3.63) is 72.9 Å². The Bertz CT molecular complexity index is 467. The van der Waals surface area contributed by atoms with E-state index in [9.17, 15) is 9.59 Å². The van der Waals surface area contributed by atoms with Gasteiger partial charge in [-0.15, -0.1) is 0 Å². The molecule has 0 aromatic heterocycles. The van der Waals surface area contributed by atoms with Gasteiger partial charge in [-0.3, -0.25) is 0 Å². The minimum Gasteiger partial charge on any atom is -0.478 e. The Kier molecular flexibility index (Phi) is 9.97. The summed E-state index contributed by atoms with van der Waals surface area (Å²) in [5.41, 5.74) is 1.04. The first kappa shape index (κ1) is 17.4. The van der Waals surface area contributed by atoms with Crippen molar-refractivity contribution in [3.8, 4) is 0 Å². The average molecular weight is 274 g/mol. The molecule has 4 nitrogen and oxygen atoms in total. The first-order valence-corrected chi connectivity index (χ1v) is 6.00. The Labute approximate surface area is 118 Å². The zero-order chi connectivity index (χ0) is 15.2. The predicted molar refractivity (Wildman–Crippen MR) is 79.3 cm³/mol. The van der Waals surface area contributed by atoms with Crippen LogP contribution in [0.2, 0.25) is 0 Å². The Balaban J connectivity index is 0.000000304. The van der Waals surface area contributed by atoms with Crippen molar-refractivity contribution in [2.45, 2.75) is 12.8 Å². The topological polar surface area (TPSA) is 74.6 Å². The molecule has 0 radical (unpaired) electrons. The fraction of sp³-hybridized carbons (Fsp3) is 0.125. The fourth-order valence-corrected chi connectivity index (χ4v) is 1.16. The number of allylic oxidation sites excluding steroid dienone is 9. The Morgan fingerprint density at radius 1 is 1.05 bits per heavy atom. The molecule has 2 rings (SSSR count). The molecule has 0 aromatic rings. The van der Waals surface area contributed by atoms with Crippen LogP contribution in [0.15, 0.2) is 72.9 Å². The molecule has 20 heavy (non-hydrogen) atoms. The number of carboxylic acid groups (broad SMARTS) is 2. The zero-order valence-electron chi connectivity index (χ0n) is 11.1. The molecule has 106 valence electrons. The molecule has 4 heteroatoms. The second kappa shape index (κ2) is 11.5. The average Bonchev–Trinajstić information content (AvgIpc) is 3.12. The molecule has 0 atom stereocenters. The number of hydrogen-bond acceptors (Lipinski definition) is 2. The molecule has 0 fully saturated rings. The van der Waals surface area contributed by atoms with E-state index in [-0.39, 0.29) is 0 Å². The summed E-state index contributed by atoms with van der Waals surface area (Å²) in [6.07, 6.45) is 19.8. The smallest absolute Gasteiger partial charge is 0.328 e. The second-order valence-electron chi connectivity index (χ2n) is 3.68. The molecule has 2 aliphatic carbocycles. The molecule has 0 bridgehead atoms. The van der Waals surface area contributed by atoms with Gasteiger partial charge in [-0.25, -0.2) is 9.59 Å². The summed E-state index contributed by atoms with van der Waals surface area (Å²) in [4.78, 5) is 19.3. The molecule has 2 N–H and O–H groups in total. The third-order valence-electron chi connectivity index (χ3n) is 2.07. The molecule has 0 saturated carbocycles. The van der Waals surface area contributed by atoms with Crippen LogP contribution >= 0.6 is 0 Å². The third-order valence-corrected chi connectivity index (χ3v) is 2.07. The summed E-state index contributed by atoms with van der Waals surface area (Å²) >= 11 is 0. The Morgan fingerprint density at radius 2 is 1.65 bits per heavy atom. The van der Waals surface area contributed by atoms with E-state index in [1.807, 2.05) is 18.2 Å². The highest BCUT2D eigenvalue weighted by Crippen LogP contribution is 2.10. The number of carbonyl (C=O) groups is 2. The number of aliphatic carboxylic acids is 2. The minimum atomic E-state index is -0.981. The lowest BCUT2D eigenvalue weighted by Crippen LogP contribution is -1.85. The van der Waals surface area contributed by atoms with Crippen molar-refractivity contribution in [3.63, 3.8) is 0 Å². The summed E-state index contributed by atoms with van der Waals surface area (Å²) in [7, 11) is 0. The summed E-state index contributed by atoms with van der Waals surface area (Å²) in [6.45, 7) is 2.96. The quantitative estimate of drug-likeness (QED) is 0.774. The van der Waals surface area contributed by atoms with Gasteiger partial charge in [0, 0.05) is 12.2 Å². The van der Waals surface area contributed by atoms with Gasteiger partial charge in [0.05, 0.1) is 0 Å². The van der Waals surface area contributed by atoms with E-state index in [1.54, 1.807) is 6.08 Å².